The maximum Gasteiger partial charge on any atom is 0.231 e. The lowest BCUT2D eigenvalue weighted by atomic mass is 9.74. The Kier molecular flexibility index (Phi) is 5.17. The third-order valence-electron chi connectivity index (χ3n) is 3.76. The van der Waals surface area contributed by atoms with Crippen LogP contribution in [0.4, 0.5) is 5.69 Å². The number of nitrogens with one attached hydrogen (secondary N) is 1. The van der Waals surface area contributed by atoms with Crippen molar-refractivity contribution in [2.75, 3.05) is 11.9 Å². The molecule has 0 aliphatic carbocycles. The Morgan fingerprint density at radius 2 is 1.75 bits per heavy atom. The average molecular weight is 278 g/mol. The van der Waals surface area contributed by atoms with E-state index in [1.54, 1.807) is 0 Å². The van der Waals surface area contributed by atoms with Crippen LogP contribution in [0.25, 0.3) is 0 Å². The summed E-state index contributed by atoms with van der Waals surface area (Å²) >= 11 is 0. The number of benzene rings is 1. The minimum absolute atomic E-state index is 0.0905. The predicted molar refractivity (Wildman–Crippen MR) is 82.9 cm³/mol. The molecule has 3 N–H and O–H groups in total. The molecule has 0 fully saturated rings. The highest BCUT2D eigenvalue weighted by Gasteiger charge is 2.40. The highest BCUT2D eigenvalue weighted by atomic mass is 16.5. The number of rotatable bonds is 6. The van der Waals surface area contributed by atoms with Crippen LogP contribution >= 0.6 is 0 Å². The van der Waals surface area contributed by atoms with Crippen LogP contribution < -0.4 is 15.8 Å². The van der Waals surface area contributed by atoms with E-state index in [1.165, 1.54) is 0 Å². The summed E-state index contributed by atoms with van der Waals surface area (Å²) in [4.78, 5) is 12.3. The fourth-order valence-electron chi connectivity index (χ4n) is 1.43. The van der Waals surface area contributed by atoms with Crippen molar-refractivity contribution in [1.82, 2.24) is 0 Å². The van der Waals surface area contributed by atoms with Crippen LogP contribution in [0, 0.1) is 5.41 Å². The maximum atomic E-state index is 12.3. The Morgan fingerprint density at radius 1 is 1.20 bits per heavy atom. The van der Waals surface area contributed by atoms with Gasteiger partial charge in [0, 0.05) is 11.2 Å². The minimum atomic E-state index is -0.662. The van der Waals surface area contributed by atoms with E-state index in [4.69, 9.17) is 10.5 Å². The summed E-state index contributed by atoms with van der Waals surface area (Å²) < 4.78 is 5.50. The number of carbonyl (C=O) groups excluding carboxylic acids is 1. The van der Waals surface area contributed by atoms with Gasteiger partial charge in [0.15, 0.2) is 0 Å². The molecule has 0 radical (unpaired) electrons. The molecule has 4 heteroatoms. The smallest absolute Gasteiger partial charge is 0.231 e. The first kappa shape index (κ1) is 16.5. The highest BCUT2D eigenvalue weighted by Crippen LogP contribution is 2.30. The van der Waals surface area contributed by atoms with E-state index in [1.807, 2.05) is 52.0 Å². The van der Waals surface area contributed by atoms with Crippen LogP contribution in [-0.4, -0.2) is 18.1 Å². The van der Waals surface area contributed by atoms with Crippen molar-refractivity contribution in [3.8, 4) is 5.75 Å². The van der Waals surface area contributed by atoms with E-state index >= 15 is 0 Å². The van der Waals surface area contributed by atoms with Gasteiger partial charge in [-0.15, -0.1) is 0 Å². The van der Waals surface area contributed by atoms with Crippen molar-refractivity contribution in [3.05, 3.63) is 24.3 Å². The number of ether oxygens (including phenoxy) is 1. The van der Waals surface area contributed by atoms with E-state index in [0.29, 0.717) is 6.61 Å². The lowest BCUT2D eigenvalue weighted by Crippen LogP contribution is -2.53. The fraction of sp³-hybridized carbons (Fsp3) is 0.562. The zero-order chi connectivity index (χ0) is 15.4. The summed E-state index contributed by atoms with van der Waals surface area (Å²) in [5.41, 5.74) is 5.55. The molecule has 0 bridgehead atoms. The molecule has 0 aromatic heterocycles. The molecule has 0 saturated carbocycles. The van der Waals surface area contributed by atoms with Gasteiger partial charge in [-0.3, -0.25) is 4.79 Å². The summed E-state index contributed by atoms with van der Waals surface area (Å²) in [5, 5.41) is 2.90. The molecule has 112 valence electrons. The van der Waals surface area contributed by atoms with Gasteiger partial charge in [-0.25, -0.2) is 0 Å². The van der Waals surface area contributed by atoms with Crippen molar-refractivity contribution in [3.63, 3.8) is 0 Å². The number of anilines is 1. The molecule has 0 aliphatic rings. The van der Waals surface area contributed by atoms with Gasteiger partial charge in [-0.05, 0) is 58.4 Å². The summed E-state index contributed by atoms with van der Waals surface area (Å²) in [7, 11) is 0. The van der Waals surface area contributed by atoms with Crippen LogP contribution in [0.15, 0.2) is 24.3 Å². The van der Waals surface area contributed by atoms with Crippen molar-refractivity contribution in [2.24, 2.45) is 11.1 Å². The molecule has 4 nitrogen and oxygen atoms in total. The molecule has 1 amide bonds. The Balaban J connectivity index is 2.72. The molecular formula is C16H26N2O2. The van der Waals surface area contributed by atoms with Crippen molar-refractivity contribution >= 4 is 11.6 Å². The van der Waals surface area contributed by atoms with E-state index in [-0.39, 0.29) is 5.91 Å². The number of hydrogen-bond acceptors (Lipinski definition) is 3. The quantitative estimate of drug-likeness (QED) is 0.840. The van der Waals surface area contributed by atoms with Gasteiger partial charge in [-0.2, -0.15) is 0 Å². The zero-order valence-electron chi connectivity index (χ0n) is 13.1. The number of amides is 1. The van der Waals surface area contributed by atoms with Crippen LogP contribution in [-0.2, 0) is 4.79 Å². The first-order valence-corrected chi connectivity index (χ1v) is 7.01. The standard InChI is InChI=1S/C16H26N2O2/c1-6-11-20-13-9-7-12(8-10-13)18-14(19)15(2,3)16(4,5)17/h7-10H,6,11,17H2,1-5H3,(H,18,19). The molecule has 1 aromatic carbocycles. The fourth-order valence-corrected chi connectivity index (χ4v) is 1.43. The monoisotopic (exact) mass is 278 g/mol. The van der Waals surface area contributed by atoms with Gasteiger partial charge in [0.2, 0.25) is 5.91 Å². The Morgan fingerprint density at radius 3 is 2.20 bits per heavy atom. The lowest BCUT2D eigenvalue weighted by Gasteiger charge is -2.36. The molecule has 20 heavy (non-hydrogen) atoms. The predicted octanol–water partition coefficient (Wildman–Crippen LogP) is 3.18. The molecule has 0 saturated heterocycles. The van der Waals surface area contributed by atoms with Crippen LogP contribution in [0.2, 0.25) is 0 Å². The molecule has 0 atom stereocenters. The molecule has 1 aromatic rings. The number of nitrogens with two attached hydrogens (primary N) is 1. The molecular weight excluding hydrogens is 252 g/mol. The Bertz CT molecular complexity index is 445. The second-order valence-corrected chi connectivity index (χ2v) is 6.17. The zero-order valence-corrected chi connectivity index (χ0v) is 13.1. The van der Waals surface area contributed by atoms with Gasteiger partial charge in [0.25, 0.3) is 0 Å². The number of carbonyl (C=O) groups is 1. The summed E-state index contributed by atoms with van der Waals surface area (Å²) in [6.07, 6.45) is 0.970. The van der Waals surface area contributed by atoms with Crippen LogP contribution in [0.5, 0.6) is 5.75 Å². The van der Waals surface area contributed by atoms with E-state index in [2.05, 4.69) is 12.2 Å². The maximum absolute atomic E-state index is 12.3. The average Bonchev–Trinajstić information content (AvgIpc) is 2.36. The second-order valence-electron chi connectivity index (χ2n) is 6.17. The summed E-state index contributed by atoms with van der Waals surface area (Å²) in [6.45, 7) is 10.2. The van der Waals surface area contributed by atoms with Crippen LogP contribution in [0.1, 0.15) is 41.0 Å². The molecule has 0 aliphatic heterocycles. The largest absolute Gasteiger partial charge is 0.494 e. The van der Waals surface area contributed by atoms with Gasteiger partial charge in [-0.1, -0.05) is 6.92 Å². The minimum Gasteiger partial charge on any atom is -0.494 e. The lowest BCUT2D eigenvalue weighted by molar-refractivity contribution is -0.126. The molecule has 1 rings (SSSR count). The van der Waals surface area contributed by atoms with Gasteiger partial charge >= 0.3 is 0 Å². The summed E-state index contributed by atoms with van der Waals surface area (Å²) in [6, 6.07) is 7.38. The van der Waals surface area contributed by atoms with Crippen LogP contribution in [0.3, 0.4) is 0 Å². The van der Waals surface area contributed by atoms with Gasteiger partial charge in [0.1, 0.15) is 5.75 Å². The van der Waals surface area contributed by atoms with Gasteiger partial charge in [0.05, 0.1) is 12.0 Å². The third-order valence-corrected chi connectivity index (χ3v) is 3.76. The first-order valence-electron chi connectivity index (χ1n) is 7.01. The Hall–Kier alpha value is -1.55. The van der Waals surface area contributed by atoms with E-state index in [0.717, 1.165) is 17.9 Å². The topological polar surface area (TPSA) is 64.3 Å². The van der Waals surface area contributed by atoms with Gasteiger partial charge < -0.3 is 15.8 Å². The van der Waals surface area contributed by atoms with Crippen molar-refractivity contribution in [2.45, 2.75) is 46.6 Å². The Labute approximate surface area is 121 Å². The third kappa shape index (κ3) is 3.97. The second kappa shape index (κ2) is 6.27. The molecule has 0 spiro atoms. The van der Waals surface area contributed by atoms with E-state index in [9.17, 15) is 4.79 Å². The summed E-state index contributed by atoms with van der Waals surface area (Å²) in [5.74, 6) is 0.718. The highest BCUT2D eigenvalue weighted by molar-refractivity contribution is 5.95. The molecule has 0 unspecified atom stereocenters. The van der Waals surface area contributed by atoms with Crippen molar-refractivity contribution in [1.29, 1.82) is 0 Å². The first-order chi connectivity index (χ1) is 9.18. The number of hydrogen-bond donors (Lipinski definition) is 2. The SMILES string of the molecule is CCCOc1ccc(NC(=O)C(C)(C)C(C)(C)N)cc1. The normalized spacial score (nSPS) is 12.1. The van der Waals surface area contributed by atoms with E-state index < -0.39 is 11.0 Å². The van der Waals surface area contributed by atoms with Crippen molar-refractivity contribution < 1.29 is 9.53 Å². The molecule has 0 heterocycles.